The SMILES string of the molecule is CCCCC[C@]1(O)CC[C@H]2[C@@H]3CCC4=CC(=O)C[C@H](C)[C@]4(C)[C@H]3CC[C@@]21C. The van der Waals surface area contributed by atoms with Crippen molar-refractivity contribution in [1.29, 1.82) is 0 Å². The first-order valence-corrected chi connectivity index (χ1v) is 11.7. The molecule has 152 valence electrons. The van der Waals surface area contributed by atoms with Gasteiger partial charge in [-0.05, 0) is 85.5 Å². The Kier molecular flexibility index (Phi) is 4.89. The summed E-state index contributed by atoms with van der Waals surface area (Å²) in [6.07, 6.45) is 14.4. The predicted molar refractivity (Wildman–Crippen MR) is 110 cm³/mol. The van der Waals surface area contributed by atoms with Crippen molar-refractivity contribution in [3.05, 3.63) is 11.6 Å². The maximum Gasteiger partial charge on any atom is 0.155 e. The lowest BCUT2D eigenvalue weighted by molar-refractivity contribution is -0.138. The van der Waals surface area contributed by atoms with Crippen molar-refractivity contribution in [2.24, 2.45) is 34.5 Å². The van der Waals surface area contributed by atoms with Crippen LogP contribution in [0.4, 0.5) is 0 Å². The summed E-state index contributed by atoms with van der Waals surface area (Å²) in [6.45, 7) is 9.46. The van der Waals surface area contributed by atoms with Crippen molar-refractivity contribution in [2.75, 3.05) is 0 Å². The quantitative estimate of drug-likeness (QED) is 0.608. The minimum absolute atomic E-state index is 0.104. The molecule has 4 rings (SSSR count). The zero-order chi connectivity index (χ0) is 19.4. The number of carbonyl (C=O) groups is 1. The van der Waals surface area contributed by atoms with E-state index in [2.05, 4.69) is 27.7 Å². The average Bonchev–Trinajstić information content (AvgIpc) is 2.88. The zero-order valence-corrected chi connectivity index (χ0v) is 18.0. The fourth-order valence-corrected chi connectivity index (χ4v) is 8.13. The molecule has 4 aliphatic rings. The van der Waals surface area contributed by atoms with E-state index in [9.17, 15) is 9.90 Å². The molecule has 27 heavy (non-hydrogen) atoms. The fraction of sp³-hybridized carbons (Fsp3) is 0.880. The van der Waals surface area contributed by atoms with Crippen molar-refractivity contribution < 1.29 is 9.90 Å². The molecule has 0 aromatic heterocycles. The third-order valence-corrected chi connectivity index (χ3v) is 10.0. The van der Waals surface area contributed by atoms with E-state index in [4.69, 9.17) is 0 Å². The van der Waals surface area contributed by atoms with Gasteiger partial charge in [-0.15, -0.1) is 0 Å². The second-order valence-electron chi connectivity index (χ2n) is 10.9. The number of hydrogen-bond donors (Lipinski definition) is 1. The largest absolute Gasteiger partial charge is 0.389 e. The molecule has 7 atom stereocenters. The monoisotopic (exact) mass is 372 g/mol. The standard InChI is InChI=1S/C25H40O2/c1-5-6-7-12-25(27)14-11-21-20-9-8-18-16-19(26)15-17(2)24(18,4)22(20)10-13-23(21,25)3/h16-17,20-22,27H,5-15H2,1-4H3/t17-,20-,21-,22-,23-,24-,25-/m0/s1. The molecule has 0 amide bonds. The van der Waals surface area contributed by atoms with Crippen LogP contribution in [0.1, 0.15) is 98.3 Å². The van der Waals surface area contributed by atoms with Crippen molar-refractivity contribution in [2.45, 2.75) is 104 Å². The molecule has 0 unspecified atom stereocenters. The molecule has 2 nitrogen and oxygen atoms in total. The summed E-state index contributed by atoms with van der Waals surface area (Å²) in [5, 5.41) is 11.7. The molecule has 0 aliphatic heterocycles. The number of rotatable bonds is 4. The number of ketones is 1. The number of fused-ring (bicyclic) bond motifs is 5. The molecule has 4 aliphatic carbocycles. The second kappa shape index (κ2) is 6.71. The summed E-state index contributed by atoms with van der Waals surface area (Å²) < 4.78 is 0. The normalized spacial score (nSPS) is 49.2. The molecule has 2 heteroatoms. The molecule has 1 N–H and O–H groups in total. The number of aliphatic hydroxyl groups is 1. The van der Waals surface area contributed by atoms with Crippen molar-refractivity contribution >= 4 is 5.78 Å². The number of hydrogen-bond acceptors (Lipinski definition) is 2. The highest BCUT2D eigenvalue weighted by Crippen LogP contribution is 2.68. The topological polar surface area (TPSA) is 37.3 Å². The summed E-state index contributed by atoms with van der Waals surface area (Å²) >= 11 is 0. The van der Waals surface area contributed by atoms with Gasteiger partial charge in [0.25, 0.3) is 0 Å². The first kappa shape index (κ1) is 19.7. The first-order valence-electron chi connectivity index (χ1n) is 11.7. The number of carbonyl (C=O) groups excluding carboxylic acids is 1. The van der Waals surface area contributed by atoms with E-state index in [0.717, 1.165) is 31.6 Å². The van der Waals surface area contributed by atoms with Crippen LogP contribution in [-0.2, 0) is 4.79 Å². The van der Waals surface area contributed by atoms with E-state index in [-0.39, 0.29) is 10.8 Å². The molecular formula is C25H40O2. The van der Waals surface area contributed by atoms with Gasteiger partial charge in [-0.2, -0.15) is 0 Å². The second-order valence-corrected chi connectivity index (χ2v) is 10.9. The molecule has 3 saturated carbocycles. The van der Waals surface area contributed by atoms with Crippen LogP contribution in [-0.4, -0.2) is 16.5 Å². The zero-order valence-electron chi connectivity index (χ0n) is 18.0. The molecule has 0 saturated heterocycles. The van der Waals surface area contributed by atoms with Gasteiger partial charge in [0, 0.05) is 6.42 Å². The maximum absolute atomic E-state index is 12.2. The van der Waals surface area contributed by atoms with Crippen LogP contribution in [0, 0.1) is 34.5 Å². The van der Waals surface area contributed by atoms with Gasteiger partial charge >= 0.3 is 0 Å². The Morgan fingerprint density at radius 3 is 2.59 bits per heavy atom. The summed E-state index contributed by atoms with van der Waals surface area (Å²) in [4.78, 5) is 12.2. The van der Waals surface area contributed by atoms with Gasteiger partial charge in [0.2, 0.25) is 0 Å². The molecule has 0 aromatic rings. The van der Waals surface area contributed by atoms with E-state index in [1.807, 2.05) is 6.08 Å². The van der Waals surface area contributed by atoms with E-state index in [1.165, 1.54) is 50.5 Å². The van der Waals surface area contributed by atoms with Gasteiger partial charge in [0.15, 0.2) is 5.78 Å². The lowest BCUT2D eigenvalue weighted by Gasteiger charge is -2.60. The van der Waals surface area contributed by atoms with E-state index in [0.29, 0.717) is 23.5 Å². The third-order valence-electron chi connectivity index (χ3n) is 10.0. The fourth-order valence-electron chi connectivity index (χ4n) is 8.13. The Bertz CT molecular complexity index is 636. The smallest absolute Gasteiger partial charge is 0.155 e. The Morgan fingerprint density at radius 1 is 1.11 bits per heavy atom. The van der Waals surface area contributed by atoms with Crippen molar-refractivity contribution in [3.8, 4) is 0 Å². The highest BCUT2D eigenvalue weighted by Gasteiger charge is 2.64. The van der Waals surface area contributed by atoms with Crippen LogP contribution in [0.25, 0.3) is 0 Å². The average molecular weight is 373 g/mol. The van der Waals surface area contributed by atoms with Gasteiger partial charge in [-0.25, -0.2) is 0 Å². The summed E-state index contributed by atoms with van der Waals surface area (Å²) in [6, 6.07) is 0. The number of allylic oxidation sites excluding steroid dienone is 1. The van der Waals surface area contributed by atoms with Crippen LogP contribution >= 0.6 is 0 Å². The molecule has 0 radical (unpaired) electrons. The van der Waals surface area contributed by atoms with Crippen LogP contribution in [0.5, 0.6) is 0 Å². The van der Waals surface area contributed by atoms with Gasteiger partial charge in [-0.3, -0.25) is 4.79 Å². The summed E-state index contributed by atoms with van der Waals surface area (Å²) in [5.74, 6) is 2.93. The third kappa shape index (κ3) is 2.72. The van der Waals surface area contributed by atoms with Crippen LogP contribution in [0.3, 0.4) is 0 Å². The van der Waals surface area contributed by atoms with Crippen molar-refractivity contribution in [3.63, 3.8) is 0 Å². The highest BCUT2D eigenvalue weighted by molar-refractivity contribution is 5.92. The molecule has 3 fully saturated rings. The van der Waals surface area contributed by atoms with E-state index >= 15 is 0 Å². The number of unbranched alkanes of at least 4 members (excludes halogenated alkanes) is 2. The Morgan fingerprint density at radius 2 is 1.85 bits per heavy atom. The summed E-state index contributed by atoms with van der Waals surface area (Å²) in [5.41, 5.74) is 1.32. The highest BCUT2D eigenvalue weighted by atomic mass is 16.3. The van der Waals surface area contributed by atoms with Crippen molar-refractivity contribution in [1.82, 2.24) is 0 Å². The predicted octanol–water partition coefficient (Wildman–Crippen LogP) is 6.08. The van der Waals surface area contributed by atoms with E-state index in [1.54, 1.807) is 0 Å². The summed E-state index contributed by atoms with van der Waals surface area (Å²) in [7, 11) is 0. The van der Waals surface area contributed by atoms with Crippen LogP contribution in [0.2, 0.25) is 0 Å². The van der Waals surface area contributed by atoms with Gasteiger partial charge < -0.3 is 5.11 Å². The van der Waals surface area contributed by atoms with E-state index < -0.39 is 5.60 Å². The Hall–Kier alpha value is -0.630. The molecule has 0 aromatic carbocycles. The van der Waals surface area contributed by atoms with Crippen LogP contribution in [0.15, 0.2) is 11.6 Å². The van der Waals surface area contributed by atoms with Gasteiger partial charge in [-0.1, -0.05) is 52.5 Å². The van der Waals surface area contributed by atoms with Gasteiger partial charge in [0.05, 0.1) is 5.60 Å². The molecule has 0 heterocycles. The molecule has 0 bridgehead atoms. The van der Waals surface area contributed by atoms with Gasteiger partial charge in [0.1, 0.15) is 0 Å². The lowest BCUT2D eigenvalue weighted by Crippen LogP contribution is -2.56. The maximum atomic E-state index is 12.2. The molecule has 0 spiro atoms. The Balaban J connectivity index is 1.61. The minimum Gasteiger partial charge on any atom is -0.389 e. The minimum atomic E-state index is -0.441. The lowest BCUT2D eigenvalue weighted by atomic mass is 9.44. The Labute approximate surface area is 166 Å². The first-order chi connectivity index (χ1) is 12.8. The molecular weight excluding hydrogens is 332 g/mol. The van der Waals surface area contributed by atoms with Crippen LogP contribution < -0.4 is 0 Å².